The fraction of sp³-hybridized carbons (Fsp3) is 0.286. The summed E-state index contributed by atoms with van der Waals surface area (Å²) in [5.74, 6) is 0.542. The summed E-state index contributed by atoms with van der Waals surface area (Å²) >= 11 is 1.11. The quantitative estimate of drug-likeness (QED) is 0.547. The Balaban J connectivity index is 2.06. The van der Waals surface area contributed by atoms with Crippen molar-refractivity contribution in [3.8, 4) is 5.75 Å². The number of thiazole rings is 1. The van der Waals surface area contributed by atoms with Gasteiger partial charge in [-0.25, -0.2) is 4.98 Å². The van der Waals surface area contributed by atoms with Crippen molar-refractivity contribution in [3.05, 3.63) is 70.7 Å². The molecule has 3 rings (SSSR count). The van der Waals surface area contributed by atoms with Gasteiger partial charge >= 0.3 is 0 Å². The lowest BCUT2D eigenvalue weighted by Gasteiger charge is -2.29. The van der Waals surface area contributed by atoms with Crippen LogP contribution in [0.4, 0.5) is 5.69 Å². The van der Waals surface area contributed by atoms with Crippen LogP contribution in [0.5, 0.6) is 5.75 Å². The maximum absolute atomic E-state index is 13.3. The van der Waals surface area contributed by atoms with Crippen molar-refractivity contribution in [3.63, 3.8) is 0 Å². The van der Waals surface area contributed by atoms with Crippen LogP contribution >= 0.6 is 11.3 Å². The van der Waals surface area contributed by atoms with Gasteiger partial charge in [-0.3, -0.25) is 4.31 Å². The first-order chi connectivity index (χ1) is 13.3. The molecule has 28 heavy (non-hydrogen) atoms. The Labute approximate surface area is 170 Å². The molecular weight excluding hydrogens is 392 g/mol. The van der Waals surface area contributed by atoms with E-state index >= 15 is 0 Å². The number of ether oxygens (including phenoxy) is 1. The molecule has 5 nitrogen and oxygen atoms in total. The van der Waals surface area contributed by atoms with E-state index in [1.807, 2.05) is 70.2 Å². The fourth-order valence-electron chi connectivity index (χ4n) is 2.90. The van der Waals surface area contributed by atoms with E-state index in [0.717, 1.165) is 28.0 Å². The van der Waals surface area contributed by atoms with Gasteiger partial charge in [-0.15, -0.1) is 11.3 Å². The predicted octanol–water partition coefficient (Wildman–Crippen LogP) is 4.94. The van der Waals surface area contributed by atoms with Gasteiger partial charge in [-0.1, -0.05) is 30.3 Å². The first-order valence-corrected chi connectivity index (χ1v) is 11.3. The van der Waals surface area contributed by atoms with E-state index in [2.05, 4.69) is 4.98 Å². The molecule has 0 amide bonds. The number of aryl methyl sites for hydroxylation is 2. The fourth-order valence-corrected chi connectivity index (χ4v) is 5.48. The van der Waals surface area contributed by atoms with Crippen LogP contribution in [0.25, 0.3) is 0 Å². The van der Waals surface area contributed by atoms with Crippen LogP contribution in [-0.4, -0.2) is 19.4 Å². The molecule has 1 heterocycles. The van der Waals surface area contributed by atoms with Crippen LogP contribution in [0.15, 0.2) is 58.4 Å². The molecule has 0 aliphatic rings. The average Bonchev–Trinajstić information content (AvgIpc) is 3.19. The standard InChI is InChI=1S/C21H24N2O3S2/c1-15(2)23(28(24,25)21-22-10-11-27-21)19-12-16(3)17(4)13-20(19)26-14-18-8-6-5-7-9-18/h5-13,15H,14H2,1-4H3. The molecule has 0 bridgehead atoms. The van der Waals surface area contributed by atoms with Crippen molar-refractivity contribution >= 4 is 27.0 Å². The molecule has 3 aromatic rings. The summed E-state index contributed by atoms with van der Waals surface area (Å²) in [6.45, 7) is 8.01. The Kier molecular flexibility index (Phi) is 6.05. The minimum Gasteiger partial charge on any atom is -0.487 e. The van der Waals surface area contributed by atoms with Crippen LogP contribution in [0.1, 0.15) is 30.5 Å². The summed E-state index contributed by atoms with van der Waals surface area (Å²) in [6, 6.07) is 13.3. The van der Waals surface area contributed by atoms with Crippen molar-refractivity contribution in [2.75, 3.05) is 4.31 Å². The maximum atomic E-state index is 13.3. The maximum Gasteiger partial charge on any atom is 0.292 e. The van der Waals surface area contributed by atoms with Gasteiger partial charge in [0.2, 0.25) is 4.34 Å². The second-order valence-corrected chi connectivity index (χ2v) is 9.75. The third-order valence-electron chi connectivity index (χ3n) is 4.41. The largest absolute Gasteiger partial charge is 0.487 e. The SMILES string of the molecule is Cc1cc(OCc2ccccc2)c(N(C(C)C)S(=O)(=O)c2nccs2)cc1C. The molecule has 0 atom stereocenters. The van der Waals surface area contributed by atoms with E-state index in [1.54, 1.807) is 5.38 Å². The molecule has 1 aromatic heterocycles. The summed E-state index contributed by atoms with van der Waals surface area (Å²) < 4.78 is 34.1. The number of hydrogen-bond donors (Lipinski definition) is 0. The van der Waals surface area contributed by atoms with Crippen molar-refractivity contribution in [1.29, 1.82) is 0 Å². The number of hydrogen-bond acceptors (Lipinski definition) is 5. The number of rotatable bonds is 7. The Hall–Kier alpha value is -2.38. The van der Waals surface area contributed by atoms with E-state index in [0.29, 0.717) is 18.0 Å². The van der Waals surface area contributed by atoms with Gasteiger partial charge in [0.1, 0.15) is 12.4 Å². The lowest BCUT2D eigenvalue weighted by molar-refractivity contribution is 0.306. The highest BCUT2D eigenvalue weighted by atomic mass is 32.2. The molecule has 0 fully saturated rings. The van der Waals surface area contributed by atoms with Crippen LogP contribution in [-0.2, 0) is 16.6 Å². The predicted molar refractivity (Wildman–Crippen MR) is 114 cm³/mol. The molecule has 148 valence electrons. The topological polar surface area (TPSA) is 59.5 Å². The molecule has 0 saturated carbocycles. The monoisotopic (exact) mass is 416 g/mol. The molecule has 0 radical (unpaired) electrons. The van der Waals surface area contributed by atoms with E-state index in [-0.39, 0.29) is 10.4 Å². The van der Waals surface area contributed by atoms with Crippen molar-refractivity contribution in [2.45, 2.75) is 44.7 Å². The first-order valence-electron chi connectivity index (χ1n) is 9.02. The molecule has 0 aliphatic carbocycles. The molecule has 7 heteroatoms. The zero-order chi connectivity index (χ0) is 20.3. The third-order valence-corrected chi connectivity index (χ3v) is 7.58. The van der Waals surface area contributed by atoms with Gasteiger partial charge in [0.15, 0.2) is 0 Å². The van der Waals surface area contributed by atoms with E-state index in [4.69, 9.17) is 4.74 Å². The minimum atomic E-state index is -3.78. The smallest absolute Gasteiger partial charge is 0.292 e. The second kappa shape index (κ2) is 8.32. The molecular formula is C21H24N2O3S2. The van der Waals surface area contributed by atoms with Crippen LogP contribution in [0.3, 0.4) is 0 Å². The number of sulfonamides is 1. The lowest BCUT2D eigenvalue weighted by Crippen LogP contribution is -2.37. The number of nitrogens with zero attached hydrogens (tertiary/aromatic N) is 2. The van der Waals surface area contributed by atoms with Crippen LogP contribution in [0, 0.1) is 13.8 Å². The van der Waals surface area contributed by atoms with Crippen LogP contribution < -0.4 is 9.04 Å². The molecule has 0 N–H and O–H groups in total. The molecule has 0 saturated heterocycles. The van der Waals surface area contributed by atoms with Gasteiger partial charge in [0.05, 0.1) is 5.69 Å². The second-order valence-electron chi connectivity index (χ2n) is 6.87. The van der Waals surface area contributed by atoms with Crippen molar-refractivity contribution in [1.82, 2.24) is 4.98 Å². The Bertz CT molecular complexity index is 1030. The van der Waals surface area contributed by atoms with Gasteiger partial charge in [-0.2, -0.15) is 8.42 Å². The first kappa shape index (κ1) is 20.4. The zero-order valence-electron chi connectivity index (χ0n) is 16.4. The molecule has 0 aliphatic heterocycles. The zero-order valence-corrected chi connectivity index (χ0v) is 18.0. The number of aromatic nitrogens is 1. The summed E-state index contributed by atoms with van der Waals surface area (Å²) in [5, 5.41) is 1.67. The Morgan fingerprint density at radius 3 is 2.39 bits per heavy atom. The van der Waals surface area contributed by atoms with Gasteiger partial charge in [0, 0.05) is 17.6 Å². The highest BCUT2D eigenvalue weighted by Crippen LogP contribution is 2.37. The molecule has 0 spiro atoms. The van der Waals surface area contributed by atoms with Crippen LogP contribution in [0.2, 0.25) is 0 Å². The minimum absolute atomic E-state index is 0.0773. The lowest BCUT2D eigenvalue weighted by atomic mass is 10.1. The number of anilines is 1. The third kappa shape index (κ3) is 4.20. The normalized spacial score (nSPS) is 11.6. The summed E-state index contributed by atoms with van der Waals surface area (Å²) in [4.78, 5) is 4.03. The summed E-state index contributed by atoms with van der Waals surface area (Å²) in [6.07, 6.45) is 1.50. The van der Waals surface area contributed by atoms with Gasteiger partial charge in [-0.05, 0) is 56.5 Å². The van der Waals surface area contributed by atoms with E-state index < -0.39 is 10.0 Å². The molecule has 0 unspecified atom stereocenters. The summed E-state index contributed by atoms with van der Waals surface area (Å²) in [5.41, 5.74) is 3.60. The van der Waals surface area contributed by atoms with E-state index in [9.17, 15) is 8.42 Å². The Morgan fingerprint density at radius 2 is 1.79 bits per heavy atom. The van der Waals surface area contributed by atoms with Gasteiger partial charge in [0.25, 0.3) is 10.0 Å². The number of benzene rings is 2. The Morgan fingerprint density at radius 1 is 1.11 bits per heavy atom. The van der Waals surface area contributed by atoms with Crippen molar-refractivity contribution < 1.29 is 13.2 Å². The van der Waals surface area contributed by atoms with Gasteiger partial charge < -0.3 is 4.74 Å². The average molecular weight is 417 g/mol. The molecule has 2 aromatic carbocycles. The highest BCUT2D eigenvalue weighted by Gasteiger charge is 2.32. The summed E-state index contributed by atoms with van der Waals surface area (Å²) in [7, 11) is -3.78. The van der Waals surface area contributed by atoms with Crippen molar-refractivity contribution in [2.24, 2.45) is 0 Å². The highest BCUT2D eigenvalue weighted by molar-refractivity contribution is 7.94. The van der Waals surface area contributed by atoms with E-state index in [1.165, 1.54) is 10.5 Å².